The third kappa shape index (κ3) is 2.76. The van der Waals surface area contributed by atoms with E-state index in [-0.39, 0.29) is 0 Å². The van der Waals surface area contributed by atoms with Gasteiger partial charge in [-0.05, 0) is 30.0 Å². The number of hydrogen-bond donors (Lipinski definition) is 1. The summed E-state index contributed by atoms with van der Waals surface area (Å²) in [6.07, 6.45) is 3.43. The van der Waals surface area contributed by atoms with Crippen molar-refractivity contribution >= 4 is 23.1 Å². The summed E-state index contributed by atoms with van der Waals surface area (Å²) in [7, 11) is 0. The minimum atomic E-state index is 0.364. The molecule has 0 aliphatic heterocycles. The van der Waals surface area contributed by atoms with Crippen LogP contribution in [0.3, 0.4) is 0 Å². The molecule has 3 nitrogen and oxygen atoms in total. The van der Waals surface area contributed by atoms with Gasteiger partial charge in [-0.3, -0.25) is 0 Å². The fraction of sp³-hybridized carbons (Fsp3) is 0.250. The van der Waals surface area contributed by atoms with Gasteiger partial charge in [-0.25, -0.2) is 4.98 Å². The van der Waals surface area contributed by atoms with Crippen LogP contribution in [0.25, 0.3) is 0 Å². The zero-order valence-electron chi connectivity index (χ0n) is 11.6. The molecule has 1 heterocycles. The number of benzene rings is 1. The molecule has 1 aromatic heterocycles. The predicted octanol–water partition coefficient (Wildman–Crippen LogP) is 4.48. The monoisotopic (exact) mass is 285 g/mol. The van der Waals surface area contributed by atoms with Gasteiger partial charge in [-0.1, -0.05) is 43.6 Å². The number of aromatic nitrogens is 1. The van der Waals surface area contributed by atoms with Gasteiger partial charge in [0, 0.05) is 11.9 Å². The molecule has 0 amide bonds. The van der Waals surface area contributed by atoms with Gasteiger partial charge in [0.2, 0.25) is 0 Å². The number of rotatable bonds is 4. The fourth-order valence-corrected chi connectivity index (χ4v) is 2.34. The van der Waals surface area contributed by atoms with E-state index in [4.69, 9.17) is 16.9 Å². The van der Waals surface area contributed by atoms with E-state index in [2.05, 4.69) is 48.4 Å². The molecule has 0 aliphatic rings. The Morgan fingerprint density at radius 3 is 2.40 bits per heavy atom. The van der Waals surface area contributed by atoms with Crippen molar-refractivity contribution in [1.29, 1.82) is 5.26 Å². The van der Waals surface area contributed by atoms with Crippen LogP contribution < -0.4 is 5.32 Å². The third-order valence-corrected chi connectivity index (χ3v) is 3.63. The van der Waals surface area contributed by atoms with Gasteiger partial charge in [-0.15, -0.1) is 0 Å². The van der Waals surface area contributed by atoms with Crippen molar-refractivity contribution in [2.24, 2.45) is 0 Å². The summed E-state index contributed by atoms with van der Waals surface area (Å²) in [6, 6.07) is 9.91. The van der Waals surface area contributed by atoms with Gasteiger partial charge in [0.05, 0.1) is 5.56 Å². The van der Waals surface area contributed by atoms with Crippen molar-refractivity contribution < 1.29 is 0 Å². The van der Waals surface area contributed by atoms with E-state index in [0.717, 1.165) is 18.5 Å². The van der Waals surface area contributed by atoms with E-state index >= 15 is 0 Å². The van der Waals surface area contributed by atoms with E-state index < -0.39 is 0 Å². The summed E-state index contributed by atoms with van der Waals surface area (Å²) in [5.41, 5.74) is 3.90. The zero-order valence-corrected chi connectivity index (χ0v) is 12.3. The Morgan fingerprint density at radius 1 is 1.20 bits per heavy atom. The maximum atomic E-state index is 9.02. The highest BCUT2D eigenvalue weighted by atomic mass is 35.5. The molecule has 1 N–H and O–H groups in total. The molecule has 20 heavy (non-hydrogen) atoms. The highest BCUT2D eigenvalue weighted by molar-refractivity contribution is 6.34. The second kappa shape index (κ2) is 6.40. The minimum absolute atomic E-state index is 0.364. The average molecular weight is 286 g/mol. The average Bonchev–Trinajstić information content (AvgIpc) is 2.49. The van der Waals surface area contributed by atoms with E-state index in [1.165, 1.54) is 11.1 Å². The normalized spacial score (nSPS) is 10.1. The molecule has 0 bridgehead atoms. The first kappa shape index (κ1) is 14.4. The molecule has 2 rings (SSSR count). The Kier molecular flexibility index (Phi) is 4.60. The van der Waals surface area contributed by atoms with Gasteiger partial charge in [0.15, 0.2) is 5.82 Å². The van der Waals surface area contributed by atoms with E-state index in [1.807, 2.05) is 0 Å². The van der Waals surface area contributed by atoms with Crippen LogP contribution in [-0.2, 0) is 12.8 Å². The Balaban J connectivity index is 2.48. The Bertz CT molecular complexity index is 637. The summed E-state index contributed by atoms with van der Waals surface area (Å²) in [5.74, 6) is 0.529. The number of nitriles is 1. The lowest BCUT2D eigenvalue weighted by atomic mass is 10.0. The van der Waals surface area contributed by atoms with Gasteiger partial charge < -0.3 is 5.32 Å². The lowest BCUT2D eigenvalue weighted by Crippen LogP contribution is -2.02. The highest BCUT2D eigenvalue weighted by Crippen LogP contribution is 2.30. The number of hydrogen-bond acceptors (Lipinski definition) is 3. The number of anilines is 2. The molecular weight excluding hydrogens is 270 g/mol. The van der Waals surface area contributed by atoms with E-state index in [1.54, 1.807) is 12.3 Å². The quantitative estimate of drug-likeness (QED) is 0.901. The lowest BCUT2D eigenvalue weighted by molar-refractivity contribution is 1.08. The molecule has 102 valence electrons. The molecule has 0 radical (unpaired) electrons. The molecule has 0 aliphatic carbocycles. The van der Waals surface area contributed by atoms with Crippen LogP contribution >= 0.6 is 11.6 Å². The summed E-state index contributed by atoms with van der Waals surface area (Å²) in [5, 5.41) is 12.7. The SMILES string of the molecule is CCc1cccc(CC)c1Nc1nccc(C#N)c1Cl. The first-order chi connectivity index (χ1) is 9.71. The molecule has 0 fully saturated rings. The summed E-state index contributed by atoms with van der Waals surface area (Å²) in [4.78, 5) is 4.24. The van der Waals surface area contributed by atoms with Gasteiger partial charge in [0.25, 0.3) is 0 Å². The smallest absolute Gasteiger partial charge is 0.150 e. The van der Waals surface area contributed by atoms with Gasteiger partial charge in [0.1, 0.15) is 11.1 Å². The van der Waals surface area contributed by atoms with E-state index in [9.17, 15) is 0 Å². The van der Waals surface area contributed by atoms with Crippen molar-refractivity contribution in [2.45, 2.75) is 26.7 Å². The number of pyridine rings is 1. The third-order valence-electron chi connectivity index (χ3n) is 3.25. The minimum Gasteiger partial charge on any atom is -0.339 e. The molecule has 0 atom stereocenters. The van der Waals surface area contributed by atoms with Crippen molar-refractivity contribution in [1.82, 2.24) is 4.98 Å². The van der Waals surface area contributed by atoms with Gasteiger partial charge in [-0.2, -0.15) is 5.26 Å². The van der Waals surface area contributed by atoms with Crippen LogP contribution in [0.4, 0.5) is 11.5 Å². The van der Waals surface area contributed by atoms with Crippen LogP contribution in [-0.4, -0.2) is 4.98 Å². The summed E-state index contributed by atoms with van der Waals surface area (Å²) >= 11 is 6.20. The zero-order chi connectivity index (χ0) is 14.5. The maximum Gasteiger partial charge on any atom is 0.150 e. The number of aryl methyl sites for hydroxylation is 2. The largest absolute Gasteiger partial charge is 0.339 e. The second-order valence-corrected chi connectivity index (χ2v) is 4.79. The Labute approximate surface area is 124 Å². The van der Waals surface area contributed by atoms with Crippen LogP contribution in [0.2, 0.25) is 5.02 Å². The predicted molar refractivity (Wildman–Crippen MR) is 82.4 cm³/mol. The first-order valence-electron chi connectivity index (χ1n) is 6.63. The molecular formula is C16H16ClN3. The van der Waals surface area contributed by atoms with Crippen LogP contribution in [0.5, 0.6) is 0 Å². The van der Waals surface area contributed by atoms with Crippen LogP contribution in [0.1, 0.15) is 30.5 Å². The van der Waals surface area contributed by atoms with Crippen molar-refractivity contribution in [2.75, 3.05) is 5.32 Å². The molecule has 1 aromatic carbocycles. The number of nitrogens with one attached hydrogen (secondary N) is 1. The Morgan fingerprint density at radius 2 is 1.85 bits per heavy atom. The molecule has 2 aromatic rings. The highest BCUT2D eigenvalue weighted by Gasteiger charge is 2.11. The van der Waals surface area contributed by atoms with E-state index in [0.29, 0.717) is 16.4 Å². The maximum absolute atomic E-state index is 9.02. The standard InChI is InChI=1S/C16H16ClN3/c1-3-11-6-5-7-12(4-2)15(11)20-16-14(17)13(10-18)8-9-19-16/h5-9H,3-4H2,1-2H3,(H,19,20). The van der Waals surface area contributed by atoms with Crippen LogP contribution in [0.15, 0.2) is 30.5 Å². The summed E-state index contributed by atoms with van der Waals surface area (Å²) < 4.78 is 0. The molecule has 4 heteroatoms. The lowest BCUT2D eigenvalue weighted by Gasteiger charge is -2.15. The molecule has 0 unspecified atom stereocenters. The summed E-state index contributed by atoms with van der Waals surface area (Å²) in [6.45, 7) is 4.22. The Hall–Kier alpha value is -2.05. The number of halogens is 1. The van der Waals surface area contributed by atoms with Crippen molar-refractivity contribution in [3.63, 3.8) is 0 Å². The molecule has 0 saturated heterocycles. The fourth-order valence-electron chi connectivity index (χ4n) is 2.14. The first-order valence-corrected chi connectivity index (χ1v) is 7.01. The molecule has 0 spiro atoms. The van der Waals surface area contributed by atoms with Crippen molar-refractivity contribution in [3.8, 4) is 6.07 Å². The second-order valence-electron chi connectivity index (χ2n) is 4.42. The van der Waals surface area contributed by atoms with Crippen LogP contribution in [0, 0.1) is 11.3 Å². The number of nitrogens with zero attached hydrogens (tertiary/aromatic N) is 2. The number of para-hydroxylation sites is 1. The topological polar surface area (TPSA) is 48.7 Å². The van der Waals surface area contributed by atoms with Gasteiger partial charge >= 0.3 is 0 Å². The molecule has 0 saturated carbocycles. The van der Waals surface area contributed by atoms with Crippen molar-refractivity contribution in [3.05, 3.63) is 52.2 Å².